The molecule has 1 fully saturated rings. The van der Waals surface area contributed by atoms with Gasteiger partial charge in [0.1, 0.15) is 12.1 Å². The minimum absolute atomic E-state index is 0.0453. The Kier molecular flexibility index (Phi) is 4.92. The second kappa shape index (κ2) is 7.38. The number of carbonyl (C=O) groups excluding carboxylic acids is 1. The van der Waals surface area contributed by atoms with Gasteiger partial charge in [-0.15, -0.1) is 0 Å². The first-order valence-corrected chi connectivity index (χ1v) is 10.8. The highest BCUT2D eigenvalue weighted by Crippen LogP contribution is 2.31. The zero-order chi connectivity index (χ0) is 19.7. The van der Waals surface area contributed by atoms with E-state index in [0.717, 1.165) is 24.0 Å². The second-order valence-electron chi connectivity index (χ2n) is 7.18. The highest BCUT2D eigenvalue weighted by atomic mass is 32.2. The Morgan fingerprint density at radius 1 is 1.00 bits per heavy atom. The van der Waals surface area contributed by atoms with E-state index in [-0.39, 0.29) is 22.9 Å². The first-order valence-electron chi connectivity index (χ1n) is 9.39. The molecular weight excluding hydrogens is 374 g/mol. The molecule has 2 heterocycles. The van der Waals surface area contributed by atoms with Gasteiger partial charge in [-0.25, -0.2) is 8.42 Å². The van der Waals surface area contributed by atoms with E-state index < -0.39 is 16.1 Å². The van der Waals surface area contributed by atoms with Crippen molar-refractivity contribution in [1.29, 1.82) is 5.26 Å². The lowest BCUT2D eigenvalue weighted by atomic mass is 9.95. The largest absolute Gasteiger partial charge is 0.341 e. The first kappa shape index (κ1) is 18.7. The van der Waals surface area contributed by atoms with Crippen molar-refractivity contribution < 1.29 is 13.2 Å². The summed E-state index contributed by atoms with van der Waals surface area (Å²) in [5.41, 5.74) is 1.99. The zero-order valence-electron chi connectivity index (χ0n) is 15.4. The van der Waals surface area contributed by atoms with E-state index in [4.69, 9.17) is 0 Å². The molecule has 2 aliphatic heterocycles. The van der Waals surface area contributed by atoms with Crippen molar-refractivity contribution in [2.75, 3.05) is 13.1 Å². The lowest BCUT2D eigenvalue weighted by Gasteiger charge is -2.37. The first-order chi connectivity index (χ1) is 13.5. The molecule has 0 aliphatic carbocycles. The Labute approximate surface area is 165 Å². The number of hydrogen-bond donors (Lipinski definition) is 0. The van der Waals surface area contributed by atoms with E-state index >= 15 is 0 Å². The van der Waals surface area contributed by atoms with Gasteiger partial charge in [0.2, 0.25) is 15.9 Å². The number of hydrogen-bond acceptors (Lipinski definition) is 4. The van der Waals surface area contributed by atoms with Gasteiger partial charge in [-0.05, 0) is 42.5 Å². The molecule has 0 radical (unpaired) electrons. The molecule has 1 atom stereocenters. The molecule has 0 aromatic heterocycles. The molecule has 0 bridgehead atoms. The minimum Gasteiger partial charge on any atom is -0.341 e. The van der Waals surface area contributed by atoms with Crippen molar-refractivity contribution in [3.8, 4) is 6.07 Å². The van der Waals surface area contributed by atoms with Crippen LogP contribution in [0.1, 0.15) is 29.5 Å². The minimum atomic E-state index is -4.01. The highest BCUT2D eigenvalue weighted by molar-refractivity contribution is 7.89. The maximum absolute atomic E-state index is 13.5. The Morgan fingerprint density at radius 2 is 1.64 bits per heavy atom. The van der Waals surface area contributed by atoms with E-state index in [1.54, 1.807) is 17.0 Å². The number of sulfonamides is 1. The summed E-state index contributed by atoms with van der Waals surface area (Å²) >= 11 is 0. The molecule has 0 N–H and O–H groups in total. The Balaban J connectivity index is 1.79. The summed E-state index contributed by atoms with van der Waals surface area (Å²) in [5, 5.41) is 9.38. The van der Waals surface area contributed by atoms with Crippen LogP contribution >= 0.6 is 0 Å². The molecule has 2 aliphatic rings. The van der Waals surface area contributed by atoms with Crippen LogP contribution in [-0.2, 0) is 27.8 Å². The summed E-state index contributed by atoms with van der Waals surface area (Å²) in [6, 6.07) is 15.0. The van der Waals surface area contributed by atoms with Crippen LogP contribution in [0, 0.1) is 11.3 Å². The summed E-state index contributed by atoms with van der Waals surface area (Å²) in [6.45, 7) is 1.46. The SMILES string of the molecule is N#Cc1ccccc1S(=O)(=O)N1Cc2ccccc2C[C@H]1C(=O)N1CCCC1. The topological polar surface area (TPSA) is 81.5 Å². The summed E-state index contributed by atoms with van der Waals surface area (Å²) in [5.74, 6) is -0.148. The van der Waals surface area contributed by atoms with Gasteiger partial charge in [0.05, 0.1) is 10.5 Å². The maximum Gasteiger partial charge on any atom is 0.245 e. The predicted octanol–water partition coefficient (Wildman–Crippen LogP) is 2.30. The van der Waals surface area contributed by atoms with Gasteiger partial charge in [-0.2, -0.15) is 9.57 Å². The van der Waals surface area contributed by atoms with Crippen LogP contribution < -0.4 is 0 Å². The fourth-order valence-electron chi connectivity index (χ4n) is 4.02. The normalized spacial score (nSPS) is 19.8. The van der Waals surface area contributed by atoms with E-state index in [1.165, 1.54) is 16.4 Å². The van der Waals surface area contributed by atoms with Gasteiger partial charge in [-0.3, -0.25) is 4.79 Å². The molecule has 1 saturated heterocycles. The van der Waals surface area contributed by atoms with Crippen LogP contribution in [-0.4, -0.2) is 42.7 Å². The van der Waals surface area contributed by atoms with E-state index in [1.807, 2.05) is 30.3 Å². The highest BCUT2D eigenvalue weighted by Gasteiger charge is 2.42. The zero-order valence-corrected chi connectivity index (χ0v) is 16.2. The molecule has 2 aromatic carbocycles. The standard InChI is InChI=1S/C21H21N3O3S/c22-14-17-8-3-4-10-20(17)28(26,27)24-15-18-9-2-1-7-16(18)13-19(24)21(25)23-11-5-6-12-23/h1-4,7-10,19H,5-6,11-13,15H2/t19-/m0/s1. The van der Waals surface area contributed by atoms with Crippen molar-refractivity contribution in [1.82, 2.24) is 9.21 Å². The van der Waals surface area contributed by atoms with Gasteiger partial charge in [0, 0.05) is 19.6 Å². The van der Waals surface area contributed by atoms with Gasteiger partial charge in [-0.1, -0.05) is 36.4 Å². The quantitative estimate of drug-likeness (QED) is 0.799. The second-order valence-corrected chi connectivity index (χ2v) is 9.04. The number of amides is 1. The summed E-state index contributed by atoms with van der Waals surface area (Å²) < 4.78 is 28.3. The smallest absolute Gasteiger partial charge is 0.245 e. The molecule has 0 unspecified atom stereocenters. The van der Waals surface area contributed by atoms with Gasteiger partial charge >= 0.3 is 0 Å². The molecule has 4 rings (SSSR count). The number of fused-ring (bicyclic) bond motifs is 1. The number of rotatable bonds is 3. The molecule has 0 spiro atoms. The number of likely N-dealkylation sites (tertiary alicyclic amines) is 1. The summed E-state index contributed by atoms with van der Waals surface area (Å²) in [4.78, 5) is 14.9. The Hall–Kier alpha value is -2.69. The predicted molar refractivity (Wildman–Crippen MR) is 104 cm³/mol. The Morgan fingerprint density at radius 3 is 2.36 bits per heavy atom. The van der Waals surface area contributed by atoms with Gasteiger partial charge in [0.15, 0.2) is 0 Å². The maximum atomic E-state index is 13.5. The van der Waals surface area contributed by atoms with Crippen molar-refractivity contribution in [3.63, 3.8) is 0 Å². The molecule has 6 nitrogen and oxygen atoms in total. The van der Waals surface area contributed by atoms with Gasteiger partial charge < -0.3 is 4.90 Å². The van der Waals surface area contributed by atoms with E-state index in [9.17, 15) is 18.5 Å². The van der Waals surface area contributed by atoms with Crippen molar-refractivity contribution >= 4 is 15.9 Å². The molecule has 1 amide bonds. The fourth-order valence-corrected chi connectivity index (χ4v) is 5.72. The average molecular weight is 395 g/mol. The number of nitriles is 1. The summed E-state index contributed by atoms with van der Waals surface area (Å²) in [7, 11) is -4.01. The van der Waals surface area contributed by atoms with Crippen molar-refractivity contribution in [2.45, 2.75) is 36.7 Å². The van der Waals surface area contributed by atoms with Crippen LogP contribution in [0.4, 0.5) is 0 Å². The third-order valence-electron chi connectivity index (χ3n) is 5.50. The lowest BCUT2D eigenvalue weighted by Crippen LogP contribution is -2.53. The number of benzene rings is 2. The van der Waals surface area contributed by atoms with E-state index in [0.29, 0.717) is 19.5 Å². The third kappa shape index (κ3) is 3.19. The van der Waals surface area contributed by atoms with Crippen molar-refractivity contribution in [2.24, 2.45) is 0 Å². The fraction of sp³-hybridized carbons (Fsp3) is 0.333. The lowest BCUT2D eigenvalue weighted by molar-refractivity contribution is -0.134. The number of carbonyl (C=O) groups is 1. The number of nitrogens with zero attached hydrogens (tertiary/aromatic N) is 3. The van der Waals surface area contributed by atoms with Crippen LogP contribution in [0.15, 0.2) is 53.4 Å². The van der Waals surface area contributed by atoms with Crippen LogP contribution in [0.3, 0.4) is 0 Å². The van der Waals surface area contributed by atoms with Crippen LogP contribution in [0.2, 0.25) is 0 Å². The van der Waals surface area contributed by atoms with E-state index in [2.05, 4.69) is 0 Å². The van der Waals surface area contributed by atoms with Crippen molar-refractivity contribution in [3.05, 3.63) is 65.2 Å². The van der Waals surface area contributed by atoms with Gasteiger partial charge in [0.25, 0.3) is 0 Å². The average Bonchev–Trinajstić information content (AvgIpc) is 3.27. The molecule has 144 valence electrons. The molecule has 2 aromatic rings. The van der Waals surface area contributed by atoms with Crippen LogP contribution in [0.5, 0.6) is 0 Å². The Bertz CT molecular complexity index is 1050. The molecule has 0 saturated carbocycles. The summed E-state index contributed by atoms with van der Waals surface area (Å²) in [6.07, 6.45) is 2.23. The molecular formula is C21H21N3O3S. The monoisotopic (exact) mass is 395 g/mol. The third-order valence-corrected chi connectivity index (χ3v) is 7.42. The molecule has 7 heteroatoms. The molecule has 28 heavy (non-hydrogen) atoms. The van der Waals surface area contributed by atoms with Crippen LogP contribution in [0.25, 0.3) is 0 Å².